The summed E-state index contributed by atoms with van der Waals surface area (Å²) in [6, 6.07) is -0.157. The van der Waals surface area contributed by atoms with Crippen molar-refractivity contribution < 1.29 is 27.5 Å². The van der Waals surface area contributed by atoms with Crippen LogP contribution >= 0.6 is 0 Å². The molecular formula is C19H24F3N5O3. The van der Waals surface area contributed by atoms with Gasteiger partial charge in [0.25, 0.3) is 0 Å². The number of ether oxygens (including phenoxy) is 1. The molecule has 0 unspecified atom stereocenters. The van der Waals surface area contributed by atoms with Crippen molar-refractivity contribution in [2.24, 2.45) is 11.3 Å². The van der Waals surface area contributed by atoms with E-state index in [0.29, 0.717) is 45.1 Å². The lowest BCUT2D eigenvalue weighted by Gasteiger charge is -2.60. The predicted molar refractivity (Wildman–Crippen MR) is 97.2 cm³/mol. The van der Waals surface area contributed by atoms with Crippen molar-refractivity contribution in [3.8, 4) is 0 Å². The Morgan fingerprint density at radius 2 is 2.07 bits per heavy atom. The fourth-order valence-corrected chi connectivity index (χ4v) is 5.43. The van der Waals surface area contributed by atoms with Gasteiger partial charge in [0.05, 0.1) is 18.5 Å². The van der Waals surface area contributed by atoms with Gasteiger partial charge in [-0.15, -0.1) is 0 Å². The van der Waals surface area contributed by atoms with Crippen LogP contribution in [0, 0.1) is 11.3 Å². The highest BCUT2D eigenvalue weighted by Gasteiger charge is 2.54. The number of fused-ring (bicyclic) bond motifs is 1. The molecule has 0 aromatic carbocycles. The van der Waals surface area contributed by atoms with Crippen LogP contribution in [0.2, 0.25) is 0 Å². The zero-order valence-electron chi connectivity index (χ0n) is 16.4. The number of likely N-dealkylation sites (tertiary alicyclic amines) is 2. The quantitative estimate of drug-likeness (QED) is 0.772. The zero-order chi connectivity index (χ0) is 21.1. The zero-order valence-corrected chi connectivity index (χ0v) is 16.4. The van der Waals surface area contributed by atoms with Gasteiger partial charge in [-0.3, -0.25) is 4.79 Å². The van der Waals surface area contributed by atoms with E-state index in [1.54, 1.807) is 4.90 Å². The average Bonchev–Trinajstić information content (AvgIpc) is 3.10. The highest BCUT2D eigenvalue weighted by Crippen LogP contribution is 2.52. The summed E-state index contributed by atoms with van der Waals surface area (Å²) in [6.45, 7) is 3.06. The van der Waals surface area contributed by atoms with Gasteiger partial charge in [-0.05, 0) is 25.2 Å². The third-order valence-corrected chi connectivity index (χ3v) is 6.75. The number of nitrogens with zero attached hydrogens (tertiary/aromatic N) is 4. The molecule has 5 rings (SSSR count). The molecule has 11 heteroatoms. The largest absolute Gasteiger partial charge is 0.434 e. The molecule has 1 saturated carbocycles. The van der Waals surface area contributed by atoms with Crippen LogP contribution in [0.15, 0.2) is 12.5 Å². The number of hydrogen-bond donors (Lipinski definition) is 1. The third-order valence-electron chi connectivity index (χ3n) is 6.75. The summed E-state index contributed by atoms with van der Waals surface area (Å²) in [6.07, 6.45) is 0.379. The molecule has 3 aliphatic heterocycles. The van der Waals surface area contributed by atoms with Crippen molar-refractivity contribution in [2.75, 3.05) is 32.8 Å². The second-order valence-corrected chi connectivity index (χ2v) is 9.12. The normalized spacial score (nSPS) is 28.6. The van der Waals surface area contributed by atoms with Crippen molar-refractivity contribution in [1.82, 2.24) is 24.7 Å². The Kier molecular flexibility index (Phi) is 4.49. The Bertz CT molecular complexity index is 843. The molecule has 3 saturated heterocycles. The highest BCUT2D eigenvalue weighted by molar-refractivity contribution is 5.79. The highest BCUT2D eigenvalue weighted by atomic mass is 19.4. The van der Waals surface area contributed by atoms with E-state index in [1.807, 2.05) is 4.90 Å². The maximum atomic E-state index is 12.8. The molecule has 1 aromatic rings. The van der Waals surface area contributed by atoms with Crippen LogP contribution in [0.25, 0.3) is 0 Å². The number of imidazole rings is 1. The van der Waals surface area contributed by atoms with Gasteiger partial charge in [0.2, 0.25) is 5.91 Å². The van der Waals surface area contributed by atoms with E-state index >= 15 is 0 Å². The Labute approximate surface area is 171 Å². The van der Waals surface area contributed by atoms with Crippen LogP contribution < -0.4 is 5.32 Å². The standard InChI is InChI=1S/C19H24F3N5O3/c20-19(21,22)15-7-25(11-23-15)5-12-3-18(4-12)9-27(10-18)17(29)26-2-1-14-13(6-26)24-16(28)8-30-14/h7,11-14H,1-6,8-10H2,(H,24,28)/t13-,14+/m1/s1. The van der Waals surface area contributed by atoms with Crippen molar-refractivity contribution >= 4 is 11.9 Å². The van der Waals surface area contributed by atoms with E-state index in [4.69, 9.17) is 4.74 Å². The molecule has 3 amide bonds. The third kappa shape index (κ3) is 3.52. The number of halogens is 3. The number of aromatic nitrogens is 2. The maximum Gasteiger partial charge on any atom is 0.434 e. The molecule has 164 valence electrons. The molecule has 0 radical (unpaired) electrons. The fourth-order valence-electron chi connectivity index (χ4n) is 5.43. The molecule has 1 spiro atoms. The number of amides is 3. The Morgan fingerprint density at radius 1 is 1.30 bits per heavy atom. The predicted octanol–water partition coefficient (Wildman–Crippen LogP) is 1.32. The number of urea groups is 1. The lowest BCUT2D eigenvalue weighted by atomic mass is 9.58. The van der Waals surface area contributed by atoms with Crippen LogP contribution in [0.3, 0.4) is 0 Å². The van der Waals surface area contributed by atoms with E-state index in [0.717, 1.165) is 19.0 Å². The smallest absolute Gasteiger partial charge is 0.366 e. The summed E-state index contributed by atoms with van der Waals surface area (Å²) in [5.74, 6) is 0.164. The number of rotatable bonds is 2. The Morgan fingerprint density at radius 3 is 2.77 bits per heavy atom. The average molecular weight is 427 g/mol. The van der Waals surface area contributed by atoms with Gasteiger partial charge in [-0.25, -0.2) is 9.78 Å². The second-order valence-electron chi connectivity index (χ2n) is 9.12. The summed E-state index contributed by atoms with van der Waals surface area (Å²) < 4.78 is 45.0. The van der Waals surface area contributed by atoms with Crippen LogP contribution in [-0.4, -0.2) is 76.2 Å². The molecule has 30 heavy (non-hydrogen) atoms. The number of nitrogens with one attached hydrogen (secondary N) is 1. The SMILES string of the molecule is O=C1CO[C@H]2CCN(C(=O)N3CC4(CC(Cn5cnc(C(F)(F)F)c5)C4)C3)C[C@H]2N1. The van der Waals surface area contributed by atoms with E-state index in [-0.39, 0.29) is 36.1 Å². The van der Waals surface area contributed by atoms with Crippen molar-refractivity contribution in [2.45, 2.75) is 44.1 Å². The first kappa shape index (κ1) is 19.7. The fraction of sp³-hybridized carbons (Fsp3) is 0.737. The van der Waals surface area contributed by atoms with Crippen molar-refractivity contribution in [1.29, 1.82) is 0 Å². The minimum Gasteiger partial charge on any atom is -0.366 e. The Balaban J connectivity index is 1.08. The van der Waals surface area contributed by atoms with Gasteiger partial charge < -0.3 is 24.4 Å². The molecule has 8 nitrogen and oxygen atoms in total. The lowest BCUT2D eigenvalue weighted by Crippen LogP contribution is -2.68. The van der Waals surface area contributed by atoms with Gasteiger partial charge in [0.15, 0.2) is 5.69 Å². The van der Waals surface area contributed by atoms with Crippen LogP contribution in [0.5, 0.6) is 0 Å². The van der Waals surface area contributed by atoms with Gasteiger partial charge in [0, 0.05) is 44.3 Å². The van der Waals surface area contributed by atoms with Gasteiger partial charge in [-0.1, -0.05) is 0 Å². The number of alkyl halides is 3. The first-order valence-corrected chi connectivity index (χ1v) is 10.2. The van der Waals surface area contributed by atoms with Crippen molar-refractivity contribution in [3.05, 3.63) is 18.2 Å². The number of morpholine rings is 1. The van der Waals surface area contributed by atoms with Crippen LogP contribution in [0.1, 0.15) is 25.0 Å². The minimum atomic E-state index is -4.41. The van der Waals surface area contributed by atoms with E-state index in [2.05, 4.69) is 10.3 Å². The molecule has 0 bridgehead atoms. The number of carbonyl (C=O) groups excluding carboxylic acids is 2. The van der Waals surface area contributed by atoms with Gasteiger partial charge in [0.1, 0.15) is 6.61 Å². The first-order valence-electron chi connectivity index (χ1n) is 10.2. The van der Waals surface area contributed by atoms with Crippen LogP contribution in [0.4, 0.5) is 18.0 Å². The summed E-state index contributed by atoms with van der Waals surface area (Å²) in [4.78, 5) is 31.4. The number of hydrogen-bond acceptors (Lipinski definition) is 4. The molecular weight excluding hydrogens is 403 g/mol. The molecule has 4 aliphatic rings. The minimum absolute atomic E-state index is 0.00761. The van der Waals surface area contributed by atoms with Crippen molar-refractivity contribution in [3.63, 3.8) is 0 Å². The Hall–Kier alpha value is -2.30. The van der Waals surface area contributed by atoms with E-state index in [9.17, 15) is 22.8 Å². The molecule has 4 heterocycles. The molecule has 1 aromatic heterocycles. The summed E-state index contributed by atoms with van der Waals surface area (Å²) in [5, 5.41) is 2.90. The summed E-state index contributed by atoms with van der Waals surface area (Å²) >= 11 is 0. The van der Waals surface area contributed by atoms with Crippen LogP contribution in [-0.2, 0) is 22.3 Å². The van der Waals surface area contributed by atoms with Gasteiger partial charge >= 0.3 is 12.2 Å². The lowest BCUT2D eigenvalue weighted by molar-refractivity contribution is -0.141. The first-order chi connectivity index (χ1) is 14.2. The summed E-state index contributed by atoms with van der Waals surface area (Å²) in [5.41, 5.74) is -0.755. The number of piperidine rings is 1. The maximum absolute atomic E-state index is 12.8. The van der Waals surface area contributed by atoms with E-state index in [1.165, 1.54) is 10.9 Å². The number of carbonyl (C=O) groups is 2. The molecule has 1 N–H and O–H groups in total. The second kappa shape index (κ2) is 6.86. The molecule has 4 fully saturated rings. The summed E-state index contributed by atoms with van der Waals surface area (Å²) in [7, 11) is 0. The molecule has 2 atom stereocenters. The topological polar surface area (TPSA) is 79.7 Å². The molecule has 1 aliphatic carbocycles. The monoisotopic (exact) mass is 427 g/mol. The van der Waals surface area contributed by atoms with E-state index < -0.39 is 11.9 Å². The van der Waals surface area contributed by atoms with Gasteiger partial charge in [-0.2, -0.15) is 13.2 Å².